The summed E-state index contributed by atoms with van der Waals surface area (Å²) in [6.45, 7) is 3.04. The first-order chi connectivity index (χ1) is 9.19. The topological polar surface area (TPSA) is 66.8 Å². The number of unbranched alkanes of at least 4 members (excludes halogenated alkanes) is 3. The first-order valence-electron chi connectivity index (χ1n) is 7.25. The fraction of sp³-hybridized carbons (Fsp3) is 0.857. The Morgan fingerprint density at radius 2 is 2.11 bits per heavy atom. The van der Waals surface area contributed by atoms with E-state index in [0.717, 1.165) is 38.6 Å². The maximum atomic E-state index is 11.6. The second-order valence-electron chi connectivity index (χ2n) is 4.93. The van der Waals surface area contributed by atoms with E-state index in [4.69, 9.17) is 9.84 Å². The monoisotopic (exact) mass is 271 g/mol. The van der Waals surface area contributed by atoms with Crippen molar-refractivity contribution in [2.75, 3.05) is 19.8 Å². The van der Waals surface area contributed by atoms with E-state index in [1.54, 1.807) is 4.90 Å². The summed E-state index contributed by atoms with van der Waals surface area (Å²) in [5, 5.41) is 9.16. The van der Waals surface area contributed by atoms with Crippen LogP contribution in [0.3, 0.4) is 0 Å². The number of hydrogen-bond donors (Lipinski definition) is 1. The molecule has 5 nitrogen and oxygen atoms in total. The average Bonchev–Trinajstić information content (AvgIpc) is 2.75. The number of aliphatic hydroxyl groups excluding tert-OH is 1. The SMILES string of the molecule is CCOC(=O)CCCCCCN1C(=O)CCC1CO. The Labute approximate surface area is 114 Å². The van der Waals surface area contributed by atoms with Crippen LogP contribution in [0.25, 0.3) is 0 Å². The molecule has 1 aliphatic rings. The van der Waals surface area contributed by atoms with Crippen LogP contribution in [0.4, 0.5) is 0 Å². The molecule has 1 saturated heterocycles. The molecule has 1 fully saturated rings. The number of carbonyl (C=O) groups excluding carboxylic acids is 2. The van der Waals surface area contributed by atoms with Gasteiger partial charge in [0.2, 0.25) is 5.91 Å². The van der Waals surface area contributed by atoms with E-state index < -0.39 is 0 Å². The van der Waals surface area contributed by atoms with Crippen LogP contribution in [0.5, 0.6) is 0 Å². The van der Waals surface area contributed by atoms with Gasteiger partial charge in [0, 0.05) is 19.4 Å². The van der Waals surface area contributed by atoms with Crippen LogP contribution in [-0.4, -0.2) is 47.7 Å². The number of rotatable bonds is 9. The molecule has 1 heterocycles. The lowest BCUT2D eigenvalue weighted by atomic mass is 10.1. The number of nitrogens with zero attached hydrogens (tertiary/aromatic N) is 1. The van der Waals surface area contributed by atoms with E-state index in [0.29, 0.717) is 19.4 Å². The molecule has 1 aliphatic heterocycles. The molecular weight excluding hydrogens is 246 g/mol. The van der Waals surface area contributed by atoms with E-state index in [9.17, 15) is 9.59 Å². The molecule has 1 N–H and O–H groups in total. The van der Waals surface area contributed by atoms with Gasteiger partial charge in [-0.3, -0.25) is 9.59 Å². The molecule has 1 atom stereocenters. The van der Waals surface area contributed by atoms with Gasteiger partial charge in [-0.15, -0.1) is 0 Å². The second-order valence-corrected chi connectivity index (χ2v) is 4.93. The van der Waals surface area contributed by atoms with Crippen LogP contribution in [0.1, 0.15) is 51.9 Å². The van der Waals surface area contributed by atoms with Gasteiger partial charge in [-0.2, -0.15) is 0 Å². The minimum Gasteiger partial charge on any atom is -0.466 e. The number of carbonyl (C=O) groups is 2. The summed E-state index contributed by atoms with van der Waals surface area (Å²) in [6.07, 6.45) is 5.58. The highest BCUT2D eigenvalue weighted by atomic mass is 16.5. The first kappa shape index (κ1) is 16.0. The van der Waals surface area contributed by atoms with Gasteiger partial charge >= 0.3 is 5.97 Å². The van der Waals surface area contributed by atoms with Gasteiger partial charge in [0.1, 0.15) is 0 Å². The molecule has 0 aromatic rings. The third-order valence-corrected chi connectivity index (χ3v) is 3.50. The number of amides is 1. The maximum Gasteiger partial charge on any atom is 0.305 e. The van der Waals surface area contributed by atoms with E-state index >= 15 is 0 Å². The van der Waals surface area contributed by atoms with Crippen LogP contribution in [0.2, 0.25) is 0 Å². The molecule has 0 bridgehead atoms. The predicted molar refractivity (Wildman–Crippen MR) is 71.5 cm³/mol. The molecule has 0 aromatic carbocycles. The lowest BCUT2D eigenvalue weighted by Gasteiger charge is -2.22. The molecule has 1 amide bonds. The Kier molecular flexibility index (Phi) is 7.48. The van der Waals surface area contributed by atoms with Crippen LogP contribution < -0.4 is 0 Å². The number of aliphatic hydroxyl groups is 1. The quantitative estimate of drug-likeness (QED) is 0.509. The highest BCUT2D eigenvalue weighted by Crippen LogP contribution is 2.19. The van der Waals surface area contributed by atoms with Crippen LogP contribution in [-0.2, 0) is 14.3 Å². The molecule has 1 unspecified atom stereocenters. The van der Waals surface area contributed by atoms with Gasteiger partial charge in [-0.05, 0) is 26.2 Å². The van der Waals surface area contributed by atoms with Crippen molar-refractivity contribution in [3.8, 4) is 0 Å². The smallest absolute Gasteiger partial charge is 0.305 e. The van der Waals surface area contributed by atoms with Crippen molar-refractivity contribution < 1.29 is 19.4 Å². The second kappa shape index (κ2) is 8.91. The van der Waals surface area contributed by atoms with E-state index in [-0.39, 0.29) is 24.5 Å². The number of likely N-dealkylation sites (tertiary alicyclic amines) is 1. The van der Waals surface area contributed by atoms with Crippen molar-refractivity contribution in [2.24, 2.45) is 0 Å². The van der Waals surface area contributed by atoms with Crippen molar-refractivity contribution in [1.29, 1.82) is 0 Å². The first-order valence-corrected chi connectivity index (χ1v) is 7.25. The molecule has 1 rings (SSSR count). The standard InChI is InChI=1S/C14H25NO4/c1-2-19-14(18)7-5-3-4-6-10-15-12(11-16)8-9-13(15)17/h12,16H,2-11H2,1H3. The van der Waals surface area contributed by atoms with Crippen molar-refractivity contribution in [3.05, 3.63) is 0 Å². The summed E-state index contributed by atoms with van der Waals surface area (Å²) in [6, 6.07) is 0.0204. The van der Waals surface area contributed by atoms with Crippen LogP contribution >= 0.6 is 0 Å². The Bertz CT molecular complexity index is 293. The molecule has 0 aliphatic carbocycles. The zero-order chi connectivity index (χ0) is 14.1. The molecule has 0 spiro atoms. The van der Waals surface area contributed by atoms with Gasteiger partial charge in [-0.25, -0.2) is 0 Å². The molecule has 0 saturated carbocycles. The molecule has 0 aromatic heterocycles. The Hall–Kier alpha value is -1.10. The molecular formula is C14H25NO4. The zero-order valence-electron chi connectivity index (χ0n) is 11.8. The molecule has 19 heavy (non-hydrogen) atoms. The summed E-state index contributed by atoms with van der Waals surface area (Å²) in [7, 11) is 0. The number of hydrogen-bond acceptors (Lipinski definition) is 4. The summed E-state index contributed by atoms with van der Waals surface area (Å²) in [4.78, 5) is 24.5. The Morgan fingerprint density at radius 1 is 1.37 bits per heavy atom. The van der Waals surface area contributed by atoms with Gasteiger partial charge in [-0.1, -0.05) is 12.8 Å². The highest BCUT2D eigenvalue weighted by Gasteiger charge is 2.29. The van der Waals surface area contributed by atoms with E-state index in [1.807, 2.05) is 6.92 Å². The summed E-state index contributed by atoms with van der Waals surface area (Å²) in [5.41, 5.74) is 0. The lowest BCUT2D eigenvalue weighted by Crippen LogP contribution is -2.36. The summed E-state index contributed by atoms with van der Waals surface area (Å²) >= 11 is 0. The van der Waals surface area contributed by atoms with Crippen molar-refractivity contribution >= 4 is 11.9 Å². The molecule has 5 heteroatoms. The third-order valence-electron chi connectivity index (χ3n) is 3.50. The summed E-state index contributed by atoms with van der Waals surface area (Å²) in [5.74, 6) is 0.0307. The third kappa shape index (κ3) is 5.59. The minimum atomic E-state index is -0.127. The number of ether oxygens (including phenoxy) is 1. The fourth-order valence-electron chi connectivity index (χ4n) is 2.43. The van der Waals surface area contributed by atoms with Crippen molar-refractivity contribution in [2.45, 2.75) is 57.9 Å². The van der Waals surface area contributed by atoms with Gasteiger partial charge < -0.3 is 14.7 Å². The van der Waals surface area contributed by atoms with Crippen molar-refractivity contribution in [1.82, 2.24) is 4.90 Å². The fourth-order valence-corrected chi connectivity index (χ4v) is 2.43. The average molecular weight is 271 g/mol. The van der Waals surface area contributed by atoms with Crippen LogP contribution in [0, 0.1) is 0 Å². The normalized spacial score (nSPS) is 18.9. The minimum absolute atomic E-state index is 0.0204. The largest absolute Gasteiger partial charge is 0.466 e. The Balaban J connectivity index is 2.04. The van der Waals surface area contributed by atoms with Gasteiger partial charge in [0.25, 0.3) is 0 Å². The van der Waals surface area contributed by atoms with E-state index in [2.05, 4.69) is 0 Å². The van der Waals surface area contributed by atoms with Crippen molar-refractivity contribution in [3.63, 3.8) is 0 Å². The Morgan fingerprint density at radius 3 is 2.79 bits per heavy atom. The predicted octanol–water partition coefficient (Wildman–Crippen LogP) is 1.48. The van der Waals surface area contributed by atoms with E-state index in [1.165, 1.54) is 0 Å². The zero-order valence-corrected chi connectivity index (χ0v) is 11.8. The van der Waals surface area contributed by atoms with Gasteiger partial charge in [0.05, 0.1) is 19.3 Å². The molecule has 0 radical (unpaired) electrons. The van der Waals surface area contributed by atoms with Gasteiger partial charge in [0.15, 0.2) is 0 Å². The summed E-state index contributed by atoms with van der Waals surface area (Å²) < 4.78 is 4.85. The maximum absolute atomic E-state index is 11.6. The van der Waals surface area contributed by atoms with Crippen LogP contribution in [0.15, 0.2) is 0 Å². The molecule has 110 valence electrons. The highest BCUT2D eigenvalue weighted by molar-refractivity contribution is 5.78. The lowest BCUT2D eigenvalue weighted by molar-refractivity contribution is -0.143. The number of esters is 1.